The molecule has 4 rings (SSSR count). The predicted molar refractivity (Wildman–Crippen MR) is 140 cm³/mol. The zero-order valence-corrected chi connectivity index (χ0v) is 22.7. The van der Waals surface area contributed by atoms with Gasteiger partial charge in [-0.25, -0.2) is 9.07 Å². The van der Waals surface area contributed by atoms with E-state index in [-0.39, 0.29) is 38.2 Å². The number of alkyl halides is 4. The maximum atomic E-state index is 14.7. The van der Waals surface area contributed by atoms with Gasteiger partial charge in [-0.3, -0.25) is 24.6 Å². The Morgan fingerprint density at radius 1 is 1.17 bits per heavy atom. The van der Waals surface area contributed by atoms with Crippen LogP contribution in [0.5, 0.6) is 5.75 Å². The van der Waals surface area contributed by atoms with E-state index >= 15 is 0 Å². The quantitative estimate of drug-likeness (QED) is 0.272. The van der Waals surface area contributed by atoms with Crippen LogP contribution in [-0.2, 0) is 24.3 Å². The highest BCUT2D eigenvalue weighted by Crippen LogP contribution is 2.23. The van der Waals surface area contributed by atoms with Gasteiger partial charge in [-0.05, 0) is 42.7 Å². The Kier molecular flexibility index (Phi) is 9.57. The first kappa shape index (κ1) is 30.2. The lowest BCUT2D eigenvalue weighted by Gasteiger charge is -2.21. The molecule has 1 aliphatic rings. The van der Waals surface area contributed by atoms with Gasteiger partial charge in [-0.1, -0.05) is 23.4 Å². The van der Waals surface area contributed by atoms with Crippen LogP contribution < -0.4 is 20.9 Å². The van der Waals surface area contributed by atoms with Crippen LogP contribution in [0.4, 0.5) is 17.6 Å². The van der Waals surface area contributed by atoms with Gasteiger partial charge in [0.1, 0.15) is 17.7 Å². The van der Waals surface area contributed by atoms with Crippen molar-refractivity contribution >= 4 is 11.8 Å². The number of nitrogens with zero attached hydrogens (tertiary/aromatic N) is 6. The fourth-order valence-electron chi connectivity index (χ4n) is 3.91. The highest BCUT2D eigenvalue weighted by Gasteiger charge is 2.31. The summed E-state index contributed by atoms with van der Waals surface area (Å²) in [5, 5.41) is 16.1. The summed E-state index contributed by atoms with van der Waals surface area (Å²) in [6.07, 6.45) is -1.64. The van der Waals surface area contributed by atoms with Gasteiger partial charge >= 0.3 is 6.36 Å². The minimum atomic E-state index is -4.83. The molecule has 0 fully saturated rings. The lowest BCUT2D eigenvalue weighted by molar-refractivity contribution is -0.274. The van der Waals surface area contributed by atoms with E-state index in [0.29, 0.717) is 11.4 Å². The summed E-state index contributed by atoms with van der Waals surface area (Å²) in [4.78, 5) is 29.0. The van der Waals surface area contributed by atoms with Crippen LogP contribution in [0.3, 0.4) is 0 Å². The van der Waals surface area contributed by atoms with E-state index in [0.717, 1.165) is 23.4 Å². The van der Waals surface area contributed by atoms with Crippen molar-refractivity contribution in [3.8, 4) is 5.75 Å². The fourth-order valence-corrected chi connectivity index (χ4v) is 3.91. The van der Waals surface area contributed by atoms with E-state index in [9.17, 15) is 27.2 Å². The molecule has 3 aromatic rings. The van der Waals surface area contributed by atoms with Crippen molar-refractivity contribution in [3.63, 3.8) is 0 Å². The predicted octanol–water partition coefficient (Wildman–Crippen LogP) is 2.36. The summed E-state index contributed by atoms with van der Waals surface area (Å²) in [7, 11) is 1.63. The van der Waals surface area contributed by atoms with Gasteiger partial charge in [0.2, 0.25) is 5.91 Å². The minimum Gasteiger partial charge on any atom is -0.406 e. The van der Waals surface area contributed by atoms with E-state index in [1.54, 1.807) is 24.5 Å². The lowest BCUT2D eigenvalue weighted by atomic mass is 10.1. The van der Waals surface area contributed by atoms with Crippen molar-refractivity contribution in [2.75, 3.05) is 13.6 Å². The average molecular weight is 592 g/mol. The van der Waals surface area contributed by atoms with Crippen LogP contribution >= 0.6 is 0 Å². The summed E-state index contributed by atoms with van der Waals surface area (Å²) in [5.41, 5.74) is 5.02. The Morgan fingerprint density at radius 3 is 2.71 bits per heavy atom. The molecule has 3 heterocycles. The topological polar surface area (TPSA) is 130 Å². The number of amides is 2. The molecule has 2 aromatic heterocycles. The third-order valence-corrected chi connectivity index (χ3v) is 5.95. The van der Waals surface area contributed by atoms with Gasteiger partial charge in [-0.15, -0.1) is 23.8 Å². The number of hydrazine groups is 2. The molecule has 2 amide bonds. The second-order valence-electron chi connectivity index (χ2n) is 9.49. The molecule has 0 aliphatic carbocycles. The molecule has 42 heavy (non-hydrogen) atoms. The Bertz CT molecular complexity index is 1410. The normalized spacial score (nSPS) is 14.0. The van der Waals surface area contributed by atoms with E-state index in [1.807, 2.05) is 19.1 Å². The van der Waals surface area contributed by atoms with Crippen LogP contribution in [0.2, 0.25) is 0 Å². The van der Waals surface area contributed by atoms with Crippen molar-refractivity contribution in [3.05, 3.63) is 83.3 Å². The van der Waals surface area contributed by atoms with Crippen LogP contribution in [0, 0.1) is 6.92 Å². The van der Waals surface area contributed by atoms with E-state index < -0.39 is 30.1 Å². The maximum Gasteiger partial charge on any atom is 0.573 e. The molecule has 0 saturated carbocycles. The van der Waals surface area contributed by atoms with E-state index in [1.165, 1.54) is 28.0 Å². The summed E-state index contributed by atoms with van der Waals surface area (Å²) in [6.45, 7) is 2.25. The molecule has 0 saturated heterocycles. The SMILES string of the molecule is Cc1ccc(CNC(=O)c2cn(CC(F)CCN3C=C(NC(=O)Cc4cccc(OC(F)(F)F)c4)N(C)N3)nn2)cn1. The highest BCUT2D eigenvalue weighted by atomic mass is 19.4. The molecule has 1 aliphatic heterocycles. The number of carbonyl (C=O) groups is 2. The van der Waals surface area contributed by atoms with Gasteiger partial charge in [0.15, 0.2) is 5.69 Å². The molecule has 0 bridgehead atoms. The highest BCUT2D eigenvalue weighted by molar-refractivity contribution is 5.91. The molecular weight excluding hydrogens is 562 g/mol. The number of hydrogen-bond acceptors (Lipinski definition) is 9. The summed E-state index contributed by atoms with van der Waals surface area (Å²) < 4.78 is 57.2. The molecule has 16 heteroatoms. The first-order valence-corrected chi connectivity index (χ1v) is 12.8. The Labute approximate surface area is 238 Å². The second-order valence-corrected chi connectivity index (χ2v) is 9.49. The van der Waals surface area contributed by atoms with Gasteiger partial charge < -0.3 is 15.4 Å². The smallest absolute Gasteiger partial charge is 0.406 e. The minimum absolute atomic E-state index is 0.0630. The molecule has 224 valence electrons. The number of pyridine rings is 1. The molecule has 1 unspecified atom stereocenters. The number of benzene rings is 1. The number of aromatic nitrogens is 4. The van der Waals surface area contributed by atoms with Crippen LogP contribution in [-0.4, -0.2) is 67.9 Å². The number of aryl methyl sites for hydroxylation is 1. The Balaban J connectivity index is 1.20. The monoisotopic (exact) mass is 591 g/mol. The first-order chi connectivity index (χ1) is 19.9. The van der Waals surface area contributed by atoms with E-state index in [4.69, 9.17) is 0 Å². The summed E-state index contributed by atoms with van der Waals surface area (Å²) in [5.74, 6) is -0.958. The number of rotatable bonds is 12. The Hall–Kier alpha value is -4.73. The largest absolute Gasteiger partial charge is 0.573 e. The molecule has 1 aromatic carbocycles. The molecule has 0 spiro atoms. The summed E-state index contributed by atoms with van der Waals surface area (Å²) >= 11 is 0. The van der Waals surface area contributed by atoms with Gasteiger partial charge in [0.25, 0.3) is 5.91 Å². The van der Waals surface area contributed by atoms with Crippen molar-refractivity contribution in [2.24, 2.45) is 0 Å². The molecular formula is C26H29F4N9O3. The number of nitrogens with one attached hydrogen (secondary N) is 3. The molecule has 1 atom stereocenters. The molecule has 0 radical (unpaired) electrons. The van der Waals surface area contributed by atoms with Crippen LogP contribution in [0.15, 0.2) is 60.8 Å². The third kappa shape index (κ3) is 9.15. The third-order valence-electron chi connectivity index (χ3n) is 5.95. The number of carbonyl (C=O) groups excluding carboxylic acids is 2. The fraction of sp³-hybridized carbons (Fsp3) is 0.346. The number of ether oxygens (including phenoxy) is 1. The zero-order valence-electron chi connectivity index (χ0n) is 22.7. The summed E-state index contributed by atoms with van der Waals surface area (Å²) in [6, 6.07) is 8.85. The zero-order chi connectivity index (χ0) is 30.3. The number of halogens is 4. The van der Waals surface area contributed by atoms with Gasteiger partial charge in [0.05, 0.1) is 25.4 Å². The van der Waals surface area contributed by atoms with Crippen LogP contribution in [0.25, 0.3) is 0 Å². The van der Waals surface area contributed by atoms with Gasteiger partial charge in [0, 0.05) is 32.0 Å². The molecule has 12 nitrogen and oxygen atoms in total. The average Bonchev–Trinajstić information content (AvgIpc) is 3.52. The van der Waals surface area contributed by atoms with Crippen molar-refractivity contribution in [1.29, 1.82) is 0 Å². The number of hydrogen-bond donors (Lipinski definition) is 3. The van der Waals surface area contributed by atoms with Crippen molar-refractivity contribution in [2.45, 2.75) is 45.4 Å². The Morgan fingerprint density at radius 2 is 1.98 bits per heavy atom. The second kappa shape index (κ2) is 13.3. The van der Waals surface area contributed by atoms with Crippen molar-refractivity contribution in [1.82, 2.24) is 46.2 Å². The first-order valence-electron chi connectivity index (χ1n) is 12.8. The van der Waals surface area contributed by atoms with Crippen molar-refractivity contribution < 1.29 is 31.9 Å². The standard InChI is InChI=1S/C26H29F4N9O3/c1-17-6-7-19(12-31-17)13-32-25(41)22-15-39(35-34-22)14-20(27)8-9-38-16-23(37(2)36-38)33-24(40)11-18-4-3-5-21(10-18)42-26(28,29)30/h3-7,10,12,15-16,20,36H,8-9,11,13-14H2,1-2H3,(H,32,41)(H,33,40). The molecule has 3 N–H and O–H groups in total. The lowest BCUT2D eigenvalue weighted by Crippen LogP contribution is -2.41. The van der Waals surface area contributed by atoms with Crippen LogP contribution in [0.1, 0.15) is 33.7 Å². The maximum absolute atomic E-state index is 14.7. The van der Waals surface area contributed by atoms with Gasteiger partial charge in [-0.2, -0.15) is 0 Å². The van der Waals surface area contributed by atoms with E-state index in [2.05, 4.69) is 36.2 Å².